The van der Waals surface area contributed by atoms with Gasteiger partial charge in [-0.25, -0.2) is 8.78 Å². The largest absolute Gasteiger partial charge is 0.294 e. The normalized spacial score (nSPS) is 10.5. The Morgan fingerprint density at radius 3 is 2.21 bits per heavy atom. The summed E-state index contributed by atoms with van der Waals surface area (Å²) in [6.07, 6.45) is -0.299. The van der Waals surface area contributed by atoms with E-state index in [0.29, 0.717) is 0 Å². The van der Waals surface area contributed by atoms with E-state index in [1.54, 1.807) is 6.07 Å². The molecule has 0 atom stereocenters. The zero-order valence-electron chi connectivity index (χ0n) is 9.59. The number of benzene rings is 2. The molecule has 0 spiro atoms. The van der Waals surface area contributed by atoms with E-state index in [1.807, 2.05) is 0 Å². The third-order valence-electron chi connectivity index (χ3n) is 2.62. The fourth-order valence-electron chi connectivity index (χ4n) is 1.71. The van der Waals surface area contributed by atoms with Crippen LogP contribution in [0.25, 0.3) is 0 Å². The second kappa shape index (κ2) is 5.68. The topological polar surface area (TPSA) is 17.1 Å². The number of rotatable bonds is 3. The number of halogens is 4. The molecular weight excluding hydrogens is 293 g/mol. The van der Waals surface area contributed by atoms with Crippen LogP contribution < -0.4 is 0 Å². The first-order valence-corrected chi connectivity index (χ1v) is 6.16. The quantitative estimate of drug-likeness (QED) is 0.751. The van der Waals surface area contributed by atoms with Crippen molar-refractivity contribution in [3.8, 4) is 0 Å². The van der Waals surface area contributed by atoms with Crippen LogP contribution in [0.1, 0.15) is 15.9 Å². The van der Waals surface area contributed by atoms with E-state index in [1.165, 1.54) is 24.3 Å². The van der Waals surface area contributed by atoms with Gasteiger partial charge in [-0.3, -0.25) is 4.79 Å². The Morgan fingerprint density at radius 1 is 1.00 bits per heavy atom. The standard InChI is InChI=1S/C14H8Cl2F2O/c15-9-4-2-5-10(16)13(9)12(19)7-8-3-1-6-11(17)14(8)18/h1-6H,7H2. The fourth-order valence-corrected chi connectivity index (χ4v) is 2.32. The fraction of sp³-hybridized carbons (Fsp3) is 0.0714. The molecule has 5 heteroatoms. The maximum Gasteiger partial charge on any atom is 0.170 e. The highest BCUT2D eigenvalue weighted by Gasteiger charge is 2.17. The Kier molecular flexibility index (Phi) is 4.17. The van der Waals surface area contributed by atoms with Gasteiger partial charge in [0.1, 0.15) is 0 Å². The van der Waals surface area contributed by atoms with Crippen molar-refractivity contribution in [1.29, 1.82) is 0 Å². The van der Waals surface area contributed by atoms with Crippen molar-refractivity contribution in [2.45, 2.75) is 6.42 Å². The molecule has 0 unspecified atom stereocenters. The summed E-state index contributed by atoms with van der Waals surface area (Å²) in [5.41, 5.74) is 0.0930. The molecule has 0 amide bonds. The first-order valence-electron chi connectivity index (χ1n) is 5.41. The van der Waals surface area contributed by atoms with E-state index >= 15 is 0 Å². The van der Waals surface area contributed by atoms with Crippen LogP contribution in [0.15, 0.2) is 36.4 Å². The summed E-state index contributed by atoms with van der Waals surface area (Å²) in [6, 6.07) is 8.32. The summed E-state index contributed by atoms with van der Waals surface area (Å²) < 4.78 is 26.5. The molecule has 0 saturated heterocycles. The Bertz CT molecular complexity index is 621. The van der Waals surface area contributed by atoms with Crippen LogP contribution in [-0.4, -0.2) is 5.78 Å². The van der Waals surface area contributed by atoms with E-state index in [9.17, 15) is 13.6 Å². The molecule has 0 aliphatic carbocycles. The molecule has 0 aliphatic rings. The van der Waals surface area contributed by atoms with E-state index in [2.05, 4.69) is 0 Å². The molecule has 0 N–H and O–H groups in total. The minimum Gasteiger partial charge on any atom is -0.294 e. The summed E-state index contributed by atoms with van der Waals surface area (Å²) in [5.74, 6) is -2.48. The highest BCUT2D eigenvalue weighted by molar-refractivity contribution is 6.39. The maximum atomic E-state index is 13.5. The number of carbonyl (C=O) groups excluding carboxylic acids is 1. The molecule has 0 aliphatic heterocycles. The van der Waals surface area contributed by atoms with Crippen molar-refractivity contribution in [1.82, 2.24) is 0 Å². The first-order chi connectivity index (χ1) is 9.00. The number of Topliss-reactive ketones (excluding diaryl/α,β-unsaturated/α-hetero) is 1. The molecule has 0 bridgehead atoms. The van der Waals surface area contributed by atoms with Gasteiger partial charge in [0.15, 0.2) is 17.4 Å². The van der Waals surface area contributed by atoms with Crippen LogP contribution >= 0.6 is 23.2 Å². The number of hydrogen-bond donors (Lipinski definition) is 0. The summed E-state index contributed by atoms with van der Waals surface area (Å²) in [4.78, 5) is 12.1. The molecule has 2 aromatic rings. The molecule has 98 valence electrons. The molecule has 0 fully saturated rings. The van der Waals surface area contributed by atoms with Crippen LogP contribution in [0.3, 0.4) is 0 Å². The number of carbonyl (C=O) groups is 1. The minimum atomic E-state index is -1.03. The summed E-state index contributed by atoms with van der Waals surface area (Å²) in [5, 5.41) is 0.378. The van der Waals surface area contributed by atoms with Gasteiger partial charge in [-0.1, -0.05) is 41.4 Å². The predicted octanol–water partition coefficient (Wildman–Crippen LogP) is 4.70. The number of ketones is 1. The first kappa shape index (κ1) is 14.0. The van der Waals surface area contributed by atoms with Crippen molar-refractivity contribution in [2.75, 3.05) is 0 Å². The maximum absolute atomic E-state index is 13.5. The smallest absolute Gasteiger partial charge is 0.170 e. The van der Waals surface area contributed by atoms with Crippen molar-refractivity contribution >= 4 is 29.0 Å². The average Bonchev–Trinajstić information content (AvgIpc) is 2.35. The van der Waals surface area contributed by atoms with Gasteiger partial charge in [0.05, 0.1) is 15.6 Å². The molecular formula is C14H8Cl2F2O. The van der Waals surface area contributed by atoms with Gasteiger partial charge in [-0.2, -0.15) is 0 Å². The Labute approximate surface area is 118 Å². The van der Waals surface area contributed by atoms with Crippen molar-refractivity contribution in [2.24, 2.45) is 0 Å². The second-order valence-corrected chi connectivity index (χ2v) is 4.72. The zero-order chi connectivity index (χ0) is 14.0. The van der Waals surface area contributed by atoms with Crippen molar-refractivity contribution in [3.63, 3.8) is 0 Å². The Balaban J connectivity index is 2.34. The summed E-state index contributed by atoms with van der Waals surface area (Å²) in [6.45, 7) is 0. The monoisotopic (exact) mass is 300 g/mol. The molecule has 0 heterocycles. The highest BCUT2D eigenvalue weighted by Crippen LogP contribution is 2.26. The lowest BCUT2D eigenvalue weighted by Crippen LogP contribution is -2.07. The number of hydrogen-bond acceptors (Lipinski definition) is 1. The minimum absolute atomic E-state index is 0.0269. The lowest BCUT2D eigenvalue weighted by molar-refractivity contribution is 0.0992. The molecule has 2 aromatic carbocycles. The van der Waals surface area contributed by atoms with Crippen molar-refractivity contribution in [3.05, 3.63) is 69.2 Å². The van der Waals surface area contributed by atoms with Gasteiger partial charge in [0, 0.05) is 6.42 Å². The predicted molar refractivity (Wildman–Crippen MR) is 70.9 cm³/mol. The molecule has 0 aromatic heterocycles. The van der Waals surface area contributed by atoms with Crippen LogP contribution in [-0.2, 0) is 6.42 Å². The molecule has 19 heavy (non-hydrogen) atoms. The van der Waals surface area contributed by atoms with Crippen LogP contribution in [0, 0.1) is 11.6 Å². The Morgan fingerprint density at radius 2 is 1.58 bits per heavy atom. The second-order valence-electron chi connectivity index (χ2n) is 3.91. The van der Waals surface area contributed by atoms with E-state index in [0.717, 1.165) is 6.07 Å². The third-order valence-corrected chi connectivity index (χ3v) is 3.25. The lowest BCUT2D eigenvalue weighted by atomic mass is 10.0. The Hall–Kier alpha value is -1.45. The van der Waals surface area contributed by atoms with E-state index < -0.39 is 17.4 Å². The SMILES string of the molecule is O=C(Cc1cccc(F)c1F)c1c(Cl)cccc1Cl. The van der Waals surface area contributed by atoms with E-state index in [4.69, 9.17) is 23.2 Å². The highest BCUT2D eigenvalue weighted by atomic mass is 35.5. The van der Waals surface area contributed by atoms with Crippen molar-refractivity contribution < 1.29 is 13.6 Å². The average molecular weight is 301 g/mol. The molecule has 2 rings (SSSR count). The lowest BCUT2D eigenvalue weighted by Gasteiger charge is -2.07. The molecule has 0 radical (unpaired) electrons. The molecule has 0 saturated carbocycles. The summed E-state index contributed by atoms with van der Waals surface area (Å²) >= 11 is 11.8. The zero-order valence-corrected chi connectivity index (χ0v) is 11.1. The van der Waals surface area contributed by atoms with Crippen LogP contribution in [0.2, 0.25) is 10.0 Å². The van der Waals surface area contributed by atoms with Gasteiger partial charge < -0.3 is 0 Å². The summed E-state index contributed by atoms with van der Waals surface area (Å²) in [7, 11) is 0. The third kappa shape index (κ3) is 2.94. The van der Waals surface area contributed by atoms with Gasteiger partial charge in [0.2, 0.25) is 0 Å². The van der Waals surface area contributed by atoms with Gasteiger partial charge in [0.25, 0.3) is 0 Å². The van der Waals surface area contributed by atoms with Crippen LogP contribution in [0.4, 0.5) is 8.78 Å². The van der Waals surface area contributed by atoms with Gasteiger partial charge in [-0.15, -0.1) is 0 Å². The molecule has 1 nitrogen and oxygen atoms in total. The van der Waals surface area contributed by atoms with Gasteiger partial charge in [-0.05, 0) is 23.8 Å². The van der Waals surface area contributed by atoms with Crippen LogP contribution in [0.5, 0.6) is 0 Å². The van der Waals surface area contributed by atoms with Gasteiger partial charge >= 0.3 is 0 Å². The van der Waals surface area contributed by atoms with E-state index in [-0.39, 0.29) is 27.6 Å².